The Balaban J connectivity index is 1.77. The maximum absolute atomic E-state index is 13.8. The highest BCUT2D eigenvalue weighted by molar-refractivity contribution is 5.73. The van der Waals surface area contributed by atoms with E-state index in [1.165, 1.54) is 0 Å². The Labute approximate surface area is 143 Å². The van der Waals surface area contributed by atoms with Gasteiger partial charge in [0.25, 0.3) is 0 Å². The van der Waals surface area contributed by atoms with Crippen molar-refractivity contribution in [3.05, 3.63) is 18.0 Å². The van der Waals surface area contributed by atoms with Crippen LogP contribution in [0.25, 0.3) is 0 Å². The fourth-order valence-electron chi connectivity index (χ4n) is 3.03. The second-order valence-electron chi connectivity index (χ2n) is 6.41. The average molecular weight is 340 g/mol. The van der Waals surface area contributed by atoms with Crippen molar-refractivity contribution in [1.29, 1.82) is 0 Å². The van der Waals surface area contributed by atoms with Crippen LogP contribution >= 0.6 is 0 Å². The molecule has 1 fully saturated rings. The van der Waals surface area contributed by atoms with Gasteiger partial charge < -0.3 is 16.0 Å². The molecule has 0 saturated carbocycles. The molecule has 2 amide bonds. The lowest BCUT2D eigenvalue weighted by atomic mass is 10.2. The number of aryl methyl sites for hydroxylation is 1. The van der Waals surface area contributed by atoms with E-state index in [1.54, 1.807) is 10.9 Å². The van der Waals surface area contributed by atoms with Gasteiger partial charge in [0.05, 0.1) is 5.69 Å². The van der Waals surface area contributed by atoms with Gasteiger partial charge in [0.2, 0.25) is 0 Å². The van der Waals surface area contributed by atoms with E-state index in [0.717, 1.165) is 12.2 Å². The molecule has 1 aliphatic rings. The number of halogens is 1. The van der Waals surface area contributed by atoms with Crippen LogP contribution in [0.1, 0.15) is 26.0 Å². The Bertz CT molecular complexity index is 522. The van der Waals surface area contributed by atoms with E-state index in [0.29, 0.717) is 32.6 Å². The van der Waals surface area contributed by atoms with Gasteiger partial charge in [-0.05, 0) is 26.0 Å². The van der Waals surface area contributed by atoms with Crippen LogP contribution < -0.4 is 16.0 Å². The third-order valence-corrected chi connectivity index (χ3v) is 4.38. The molecule has 3 atom stereocenters. The second-order valence-corrected chi connectivity index (χ2v) is 6.41. The van der Waals surface area contributed by atoms with Gasteiger partial charge in [-0.1, -0.05) is 6.92 Å². The van der Waals surface area contributed by atoms with Crippen LogP contribution in [0.4, 0.5) is 9.18 Å². The lowest BCUT2D eigenvalue weighted by Gasteiger charge is -2.24. The number of carbonyl (C=O) groups is 1. The van der Waals surface area contributed by atoms with Gasteiger partial charge in [-0.25, -0.2) is 9.18 Å². The van der Waals surface area contributed by atoms with Crippen molar-refractivity contribution in [2.45, 2.75) is 45.1 Å². The average Bonchev–Trinajstić information content (AvgIpc) is 3.10. The molecule has 3 N–H and O–H groups in total. The predicted octanol–water partition coefficient (Wildman–Crippen LogP) is 0.630. The number of hydrogen-bond donors (Lipinski definition) is 3. The summed E-state index contributed by atoms with van der Waals surface area (Å²) < 4.78 is 15.6. The minimum absolute atomic E-state index is 0.00633. The molecule has 0 radical (unpaired) electrons. The molecule has 1 saturated heterocycles. The number of alkyl halides is 1. The van der Waals surface area contributed by atoms with Crippen LogP contribution in [0.15, 0.2) is 12.3 Å². The SMILES string of the molecule is CCN[C@H](C)CNC(=O)NC[C@@H]1C[C@H](F)CN1Cc1ccnn1C. The lowest BCUT2D eigenvalue weighted by Crippen LogP contribution is -2.47. The third-order valence-electron chi connectivity index (χ3n) is 4.38. The number of likely N-dealkylation sites (tertiary alicyclic amines) is 1. The number of carbonyl (C=O) groups excluding carboxylic acids is 1. The molecule has 8 heteroatoms. The standard InChI is InChI=1S/C16H29FN6O/c1-4-18-12(2)8-19-16(24)20-9-15-7-13(17)10-23(15)11-14-5-6-21-22(14)3/h5-6,12-13,15,18H,4,7-11H2,1-3H3,(H2,19,20,24)/t12-,13+,15+/m1/s1. The number of urea groups is 1. The summed E-state index contributed by atoms with van der Waals surface area (Å²) in [6.07, 6.45) is 1.35. The Kier molecular flexibility index (Phi) is 6.99. The number of aromatic nitrogens is 2. The minimum Gasteiger partial charge on any atom is -0.337 e. The zero-order valence-electron chi connectivity index (χ0n) is 14.8. The van der Waals surface area contributed by atoms with Crippen LogP contribution in [0.5, 0.6) is 0 Å². The summed E-state index contributed by atoms with van der Waals surface area (Å²) in [5, 5.41) is 13.1. The Morgan fingerprint density at radius 1 is 1.50 bits per heavy atom. The van der Waals surface area contributed by atoms with Gasteiger partial charge in [-0.15, -0.1) is 0 Å². The number of nitrogens with zero attached hydrogens (tertiary/aromatic N) is 3. The predicted molar refractivity (Wildman–Crippen MR) is 91.5 cm³/mol. The summed E-state index contributed by atoms with van der Waals surface area (Å²) in [6.45, 7) is 6.96. The van der Waals surface area contributed by atoms with Crippen molar-refractivity contribution >= 4 is 6.03 Å². The normalized spacial score (nSPS) is 22.5. The van der Waals surface area contributed by atoms with Crippen LogP contribution in [0.2, 0.25) is 0 Å². The molecule has 136 valence electrons. The van der Waals surface area contributed by atoms with Gasteiger partial charge >= 0.3 is 6.03 Å². The highest BCUT2D eigenvalue weighted by atomic mass is 19.1. The van der Waals surface area contributed by atoms with Crippen LogP contribution in [0, 0.1) is 0 Å². The first-order valence-electron chi connectivity index (χ1n) is 8.59. The van der Waals surface area contributed by atoms with Crippen molar-refractivity contribution in [2.24, 2.45) is 7.05 Å². The molecule has 0 bridgehead atoms. The van der Waals surface area contributed by atoms with Gasteiger partial charge in [-0.2, -0.15) is 5.10 Å². The monoisotopic (exact) mass is 340 g/mol. The van der Waals surface area contributed by atoms with Crippen molar-refractivity contribution in [3.63, 3.8) is 0 Å². The molecule has 0 aliphatic carbocycles. The minimum atomic E-state index is -0.845. The fourth-order valence-corrected chi connectivity index (χ4v) is 3.03. The van der Waals surface area contributed by atoms with E-state index in [4.69, 9.17) is 0 Å². The van der Waals surface area contributed by atoms with Crippen molar-refractivity contribution < 1.29 is 9.18 Å². The molecule has 1 aromatic rings. The smallest absolute Gasteiger partial charge is 0.314 e. The number of hydrogen-bond acceptors (Lipinski definition) is 4. The van der Waals surface area contributed by atoms with E-state index in [9.17, 15) is 9.18 Å². The molecule has 24 heavy (non-hydrogen) atoms. The highest BCUT2D eigenvalue weighted by Crippen LogP contribution is 2.22. The maximum atomic E-state index is 13.8. The third kappa shape index (κ3) is 5.45. The highest BCUT2D eigenvalue weighted by Gasteiger charge is 2.32. The van der Waals surface area contributed by atoms with Crippen LogP contribution in [-0.2, 0) is 13.6 Å². The van der Waals surface area contributed by atoms with Crippen LogP contribution in [-0.4, -0.2) is 65.1 Å². The molecule has 1 aromatic heterocycles. The molecule has 0 spiro atoms. The number of amides is 2. The quantitative estimate of drug-likeness (QED) is 0.649. The Hall–Kier alpha value is -1.67. The largest absolute Gasteiger partial charge is 0.337 e. The Morgan fingerprint density at radius 2 is 2.29 bits per heavy atom. The van der Waals surface area contributed by atoms with E-state index >= 15 is 0 Å². The first-order valence-corrected chi connectivity index (χ1v) is 8.59. The summed E-state index contributed by atoms with van der Waals surface area (Å²) in [4.78, 5) is 14.0. The first-order chi connectivity index (χ1) is 11.5. The van der Waals surface area contributed by atoms with Crippen molar-refractivity contribution in [1.82, 2.24) is 30.6 Å². The molecule has 1 aliphatic heterocycles. The molecular formula is C16H29FN6O. The Morgan fingerprint density at radius 3 is 2.96 bits per heavy atom. The van der Waals surface area contributed by atoms with Crippen LogP contribution in [0.3, 0.4) is 0 Å². The van der Waals surface area contributed by atoms with Gasteiger partial charge in [0, 0.05) is 51.5 Å². The molecule has 2 rings (SSSR count). The number of rotatable bonds is 8. The van der Waals surface area contributed by atoms with Gasteiger partial charge in [0.1, 0.15) is 6.17 Å². The van der Waals surface area contributed by atoms with Gasteiger partial charge in [-0.3, -0.25) is 9.58 Å². The van der Waals surface area contributed by atoms with Crippen molar-refractivity contribution in [3.8, 4) is 0 Å². The second kappa shape index (κ2) is 8.98. The molecule has 0 aromatic carbocycles. The van der Waals surface area contributed by atoms with E-state index < -0.39 is 6.17 Å². The zero-order valence-corrected chi connectivity index (χ0v) is 14.8. The molecule has 7 nitrogen and oxygen atoms in total. The summed E-state index contributed by atoms with van der Waals surface area (Å²) >= 11 is 0. The van der Waals surface area contributed by atoms with E-state index in [1.807, 2.05) is 27.0 Å². The molecular weight excluding hydrogens is 311 g/mol. The number of nitrogens with one attached hydrogen (secondary N) is 3. The maximum Gasteiger partial charge on any atom is 0.314 e. The summed E-state index contributed by atoms with van der Waals surface area (Å²) in [7, 11) is 1.88. The first kappa shape index (κ1) is 18.7. The van der Waals surface area contributed by atoms with E-state index in [-0.39, 0.29) is 18.1 Å². The fraction of sp³-hybridized carbons (Fsp3) is 0.750. The number of likely N-dealkylation sites (N-methyl/N-ethyl adjacent to an activating group) is 1. The molecule has 2 heterocycles. The lowest BCUT2D eigenvalue weighted by molar-refractivity contribution is 0.215. The summed E-state index contributed by atoms with van der Waals surface area (Å²) in [5.41, 5.74) is 1.04. The van der Waals surface area contributed by atoms with Gasteiger partial charge in [0.15, 0.2) is 0 Å². The van der Waals surface area contributed by atoms with E-state index in [2.05, 4.69) is 25.9 Å². The topological polar surface area (TPSA) is 74.2 Å². The zero-order chi connectivity index (χ0) is 17.5. The summed E-state index contributed by atoms with van der Waals surface area (Å²) in [6, 6.07) is 1.96. The van der Waals surface area contributed by atoms with Crippen molar-refractivity contribution in [2.75, 3.05) is 26.2 Å². The summed E-state index contributed by atoms with van der Waals surface area (Å²) in [5.74, 6) is 0. The molecule has 0 unspecified atom stereocenters.